The van der Waals surface area contributed by atoms with Crippen molar-refractivity contribution in [1.29, 1.82) is 0 Å². The van der Waals surface area contributed by atoms with Gasteiger partial charge in [0.2, 0.25) is 0 Å². The number of fused-ring (bicyclic) bond motifs is 1. The first-order chi connectivity index (χ1) is 7.27. The molecule has 2 rings (SSSR count). The number of pyridine rings is 1. The maximum absolute atomic E-state index is 11.8. The van der Waals surface area contributed by atoms with E-state index < -0.39 is 0 Å². The molecule has 0 saturated carbocycles. The van der Waals surface area contributed by atoms with Crippen LogP contribution in [0, 0.1) is 0 Å². The van der Waals surface area contributed by atoms with E-state index in [1.807, 2.05) is 25.1 Å². The topological polar surface area (TPSA) is 32.9 Å². The predicted molar refractivity (Wildman–Crippen MR) is 63.3 cm³/mol. The standard InChI is InChI=1S/C13H15NO/c1-3-9-10(4-2)13(15)14-12-8-6-5-7-11(9)12/h5-8H,3-4H2,1-2H3,(H,14,15). The summed E-state index contributed by atoms with van der Waals surface area (Å²) in [6, 6.07) is 7.99. The van der Waals surface area contributed by atoms with Crippen molar-refractivity contribution in [2.75, 3.05) is 0 Å². The average Bonchev–Trinajstić information content (AvgIpc) is 2.27. The van der Waals surface area contributed by atoms with Crippen molar-refractivity contribution in [1.82, 2.24) is 4.98 Å². The molecule has 0 unspecified atom stereocenters. The van der Waals surface area contributed by atoms with Crippen molar-refractivity contribution in [2.45, 2.75) is 26.7 Å². The lowest BCUT2D eigenvalue weighted by molar-refractivity contribution is 1.01. The number of H-pyrrole nitrogens is 1. The van der Waals surface area contributed by atoms with Crippen LogP contribution >= 0.6 is 0 Å². The summed E-state index contributed by atoms with van der Waals surface area (Å²) in [5.41, 5.74) is 3.12. The molecule has 0 atom stereocenters. The van der Waals surface area contributed by atoms with E-state index in [2.05, 4.69) is 18.0 Å². The second-order valence-electron chi connectivity index (χ2n) is 3.66. The fraction of sp³-hybridized carbons (Fsp3) is 0.308. The van der Waals surface area contributed by atoms with Gasteiger partial charge in [-0.1, -0.05) is 32.0 Å². The number of nitrogens with one attached hydrogen (secondary N) is 1. The van der Waals surface area contributed by atoms with Crippen molar-refractivity contribution in [2.24, 2.45) is 0 Å². The molecule has 2 nitrogen and oxygen atoms in total. The first kappa shape index (κ1) is 9.97. The Bertz CT molecular complexity index is 540. The molecular formula is C13H15NO. The molecule has 2 aromatic rings. The van der Waals surface area contributed by atoms with E-state index in [1.165, 1.54) is 10.9 Å². The van der Waals surface area contributed by atoms with Crippen LogP contribution in [-0.2, 0) is 12.8 Å². The smallest absolute Gasteiger partial charge is 0.251 e. The molecule has 1 N–H and O–H groups in total. The Labute approximate surface area is 89.0 Å². The van der Waals surface area contributed by atoms with Gasteiger partial charge in [-0.05, 0) is 24.5 Å². The van der Waals surface area contributed by atoms with E-state index in [-0.39, 0.29) is 5.56 Å². The maximum Gasteiger partial charge on any atom is 0.251 e. The first-order valence-corrected chi connectivity index (χ1v) is 5.40. The summed E-state index contributed by atoms with van der Waals surface area (Å²) in [5.74, 6) is 0. The van der Waals surface area contributed by atoms with E-state index in [0.29, 0.717) is 0 Å². The lowest BCUT2D eigenvalue weighted by atomic mass is 10.00. The summed E-state index contributed by atoms with van der Waals surface area (Å²) in [6.45, 7) is 4.12. The molecule has 0 bridgehead atoms. The van der Waals surface area contributed by atoms with Gasteiger partial charge in [0.05, 0.1) is 0 Å². The van der Waals surface area contributed by atoms with Gasteiger partial charge in [-0.15, -0.1) is 0 Å². The zero-order valence-electron chi connectivity index (χ0n) is 9.13. The van der Waals surface area contributed by atoms with Crippen LogP contribution in [0.4, 0.5) is 0 Å². The average molecular weight is 201 g/mol. The molecule has 15 heavy (non-hydrogen) atoms. The second kappa shape index (κ2) is 3.89. The molecule has 0 aliphatic carbocycles. The van der Waals surface area contributed by atoms with Crippen LogP contribution in [-0.4, -0.2) is 4.98 Å². The quantitative estimate of drug-likeness (QED) is 0.796. The van der Waals surface area contributed by atoms with Crippen molar-refractivity contribution < 1.29 is 0 Å². The van der Waals surface area contributed by atoms with Crippen LogP contribution in [0.25, 0.3) is 10.9 Å². The number of hydrogen-bond donors (Lipinski definition) is 1. The van der Waals surface area contributed by atoms with Crippen LogP contribution in [0.3, 0.4) is 0 Å². The molecule has 78 valence electrons. The Morgan fingerprint density at radius 3 is 2.40 bits per heavy atom. The minimum atomic E-state index is 0.0630. The van der Waals surface area contributed by atoms with Crippen molar-refractivity contribution >= 4 is 10.9 Å². The summed E-state index contributed by atoms with van der Waals surface area (Å²) < 4.78 is 0. The van der Waals surface area contributed by atoms with Crippen LogP contribution in [0.15, 0.2) is 29.1 Å². The van der Waals surface area contributed by atoms with Crippen LogP contribution in [0.1, 0.15) is 25.0 Å². The summed E-state index contributed by atoms with van der Waals surface area (Å²) in [6.07, 6.45) is 1.71. The SMILES string of the molecule is CCc1c(CC)c2ccccc2[nH]c1=O. The lowest BCUT2D eigenvalue weighted by Gasteiger charge is -2.08. The van der Waals surface area contributed by atoms with Gasteiger partial charge in [0.25, 0.3) is 5.56 Å². The highest BCUT2D eigenvalue weighted by atomic mass is 16.1. The minimum Gasteiger partial charge on any atom is -0.322 e. The highest BCUT2D eigenvalue weighted by molar-refractivity contribution is 5.82. The van der Waals surface area contributed by atoms with E-state index in [1.54, 1.807) is 0 Å². The first-order valence-electron chi connectivity index (χ1n) is 5.40. The van der Waals surface area contributed by atoms with Gasteiger partial charge >= 0.3 is 0 Å². The van der Waals surface area contributed by atoms with Crippen molar-refractivity contribution in [3.05, 3.63) is 45.7 Å². The molecule has 1 aromatic carbocycles. The minimum absolute atomic E-state index is 0.0630. The normalized spacial score (nSPS) is 10.8. The highest BCUT2D eigenvalue weighted by Crippen LogP contribution is 2.18. The summed E-state index contributed by atoms with van der Waals surface area (Å²) in [4.78, 5) is 14.7. The number of aromatic amines is 1. The summed E-state index contributed by atoms with van der Waals surface area (Å²) in [7, 11) is 0. The molecule has 0 aliphatic heterocycles. The molecule has 0 aliphatic rings. The number of hydrogen-bond acceptors (Lipinski definition) is 1. The molecule has 0 fully saturated rings. The highest BCUT2D eigenvalue weighted by Gasteiger charge is 2.08. The van der Waals surface area contributed by atoms with Gasteiger partial charge in [-0.3, -0.25) is 4.79 Å². The number of rotatable bonds is 2. The molecular weight excluding hydrogens is 186 g/mol. The van der Waals surface area contributed by atoms with Gasteiger partial charge in [0.1, 0.15) is 0 Å². The van der Waals surface area contributed by atoms with Crippen LogP contribution in [0.2, 0.25) is 0 Å². The molecule has 2 heteroatoms. The van der Waals surface area contributed by atoms with Gasteiger partial charge in [0, 0.05) is 16.5 Å². The van der Waals surface area contributed by atoms with Gasteiger partial charge in [-0.2, -0.15) is 0 Å². The Hall–Kier alpha value is -1.57. The van der Waals surface area contributed by atoms with Crippen LogP contribution < -0.4 is 5.56 Å². The molecule has 0 radical (unpaired) electrons. The third kappa shape index (κ3) is 1.56. The van der Waals surface area contributed by atoms with E-state index in [0.717, 1.165) is 23.9 Å². The molecule has 0 saturated heterocycles. The van der Waals surface area contributed by atoms with E-state index in [9.17, 15) is 4.79 Å². The Kier molecular flexibility index (Phi) is 2.58. The fourth-order valence-corrected chi connectivity index (χ4v) is 2.13. The number of benzene rings is 1. The van der Waals surface area contributed by atoms with Gasteiger partial charge in [0.15, 0.2) is 0 Å². The third-order valence-corrected chi connectivity index (χ3v) is 2.85. The van der Waals surface area contributed by atoms with Gasteiger partial charge in [-0.25, -0.2) is 0 Å². The molecule has 0 spiro atoms. The monoisotopic (exact) mass is 201 g/mol. The van der Waals surface area contributed by atoms with Crippen molar-refractivity contribution in [3.63, 3.8) is 0 Å². The van der Waals surface area contributed by atoms with E-state index in [4.69, 9.17) is 0 Å². The Balaban J connectivity index is 2.91. The zero-order valence-corrected chi connectivity index (χ0v) is 9.13. The maximum atomic E-state index is 11.8. The zero-order chi connectivity index (χ0) is 10.8. The molecule has 1 heterocycles. The van der Waals surface area contributed by atoms with Crippen LogP contribution in [0.5, 0.6) is 0 Å². The Morgan fingerprint density at radius 1 is 1.07 bits per heavy atom. The van der Waals surface area contributed by atoms with Crippen molar-refractivity contribution in [3.8, 4) is 0 Å². The third-order valence-electron chi connectivity index (χ3n) is 2.85. The predicted octanol–water partition coefficient (Wildman–Crippen LogP) is 2.65. The van der Waals surface area contributed by atoms with E-state index >= 15 is 0 Å². The molecule has 1 aromatic heterocycles. The molecule has 0 amide bonds. The second-order valence-corrected chi connectivity index (χ2v) is 3.66. The number of aryl methyl sites for hydroxylation is 1. The summed E-state index contributed by atoms with van der Waals surface area (Å²) in [5, 5.41) is 1.18. The number of aromatic nitrogens is 1. The largest absolute Gasteiger partial charge is 0.322 e. The summed E-state index contributed by atoms with van der Waals surface area (Å²) >= 11 is 0. The Morgan fingerprint density at radius 2 is 1.73 bits per heavy atom. The fourth-order valence-electron chi connectivity index (χ4n) is 2.13. The lowest BCUT2D eigenvalue weighted by Crippen LogP contribution is -2.15. The number of para-hydroxylation sites is 1. The van der Waals surface area contributed by atoms with Gasteiger partial charge < -0.3 is 4.98 Å².